The highest BCUT2D eigenvalue weighted by Crippen LogP contribution is 2.31. The Labute approximate surface area is 96.4 Å². The molecule has 2 N–H and O–H groups in total. The largest absolute Gasteiger partial charge is 0.481 e. The first-order valence-electron chi connectivity index (χ1n) is 6.03. The summed E-state index contributed by atoms with van der Waals surface area (Å²) in [7, 11) is 0. The quantitative estimate of drug-likeness (QED) is 0.750. The molecule has 0 aromatic rings. The van der Waals surface area contributed by atoms with Gasteiger partial charge in [-0.15, -0.1) is 0 Å². The number of carbonyl (C=O) groups excluding carboxylic acids is 1. The number of carbonyl (C=O) groups is 2. The molecule has 0 bridgehead atoms. The second-order valence-corrected chi connectivity index (χ2v) is 4.83. The van der Waals surface area contributed by atoms with Gasteiger partial charge in [-0.3, -0.25) is 9.59 Å². The van der Waals surface area contributed by atoms with E-state index in [1.54, 1.807) is 6.92 Å². The van der Waals surface area contributed by atoms with Crippen LogP contribution in [0.15, 0.2) is 0 Å². The van der Waals surface area contributed by atoms with Gasteiger partial charge in [0.25, 0.3) is 0 Å². The molecule has 3 unspecified atom stereocenters. The minimum atomic E-state index is -0.802. The van der Waals surface area contributed by atoms with E-state index in [-0.39, 0.29) is 17.7 Å². The molecule has 4 heteroatoms. The summed E-state index contributed by atoms with van der Waals surface area (Å²) >= 11 is 0. The van der Waals surface area contributed by atoms with E-state index in [9.17, 15) is 9.59 Å². The molecular weight excluding hydrogens is 206 g/mol. The molecule has 1 amide bonds. The second-order valence-electron chi connectivity index (χ2n) is 4.83. The Morgan fingerprint density at radius 1 is 1.44 bits per heavy atom. The Hall–Kier alpha value is -1.06. The fraction of sp³-hybridized carbons (Fsp3) is 0.833. The lowest BCUT2D eigenvalue weighted by atomic mass is 9.97. The molecule has 1 aliphatic rings. The number of carboxylic acid groups (broad SMARTS) is 1. The number of hydrogen-bond acceptors (Lipinski definition) is 2. The summed E-state index contributed by atoms with van der Waals surface area (Å²) in [6.07, 6.45) is 3.73. The fourth-order valence-electron chi connectivity index (χ4n) is 2.20. The van der Waals surface area contributed by atoms with Crippen molar-refractivity contribution in [2.45, 2.75) is 39.5 Å². The molecular formula is C12H21NO3. The zero-order valence-corrected chi connectivity index (χ0v) is 10.0. The summed E-state index contributed by atoms with van der Waals surface area (Å²) in [5.41, 5.74) is 0. The molecule has 0 spiro atoms. The Bertz CT molecular complexity index is 265. The van der Waals surface area contributed by atoms with Gasteiger partial charge in [0.05, 0.1) is 5.92 Å². The van der Waals surface area contributed by atoms with Crippen LogP contribution in [0.2, 0.25) is 0 Å². The first-order valence-corrected chi connectivity index (χ1v) is 6.03. The summed E-state index contributed by atoms with van der Waals surface area (Å²) in [6.45, 7) is 4.24. The standard InChI is InChI=1S/C12H21NO3/c1-8-4-3-5-10(8)11(14)13-7-6-9(2)12(15)16/h8-10H,3-7H2,1-2H3,(H,13,14)(H,15,16). The maximum atomic E-state index is 11.7. The Balaban J connectivity index is 2.22. The molecule has 0 radical (unpaired) electrons. The Kier molecular flexibility index (Phi) is 4.77. The number of hydrogen-bond donors (Lipinski definition) is 2. The van der Waals surface area contributed by atoms with Crippen LogP contribution in [0, 0.1) is 17.8 Å². The molecule has 1 saturated carbocycles. The monoisotopic (exact) mass is 227 g/mol. The first kappa shape index (κ1) is 13.0. The topological polar surface area (TPSA) is 66.4 Å². The molecule has 4 nitrogen and oxygen atoms in total. The predicted octanol–water partition coefficient (Wildman–Crippen LogP) is 1.65. The van der Waals surface area contributed by atoms with Gasteiger partial charge in [-0.25, -0.2) is 0 Å². The minimum absolute atomic E-state index is 0.0996. The minimum Gasteiger partial charge on any atom is -0.481 e. The lowest BCUT2D eigenvalue weighted by molar-refractivity contribution is -0.141. The van der Waals surface area contributed by atoms with Crippen LogP contribution in [0.4, 0.5) is 0 Å². The summed E-state index contributed by atoms with van der Waals surface area (Å²) in [5.74, 6) is -0.482. The van der Waals surface area contributed by atoms with Gasteiger partial charge in [0.1, 0.15) is 0 Å². The number of nitrogens with one attached hydrogen (secondary N) is 1. The molecule has 3 atom stereocenters. The molecule has 1 fully saturated rings. The van der Waals surface area contributed by atoms with Crippen LogP contribution >= 0.6 is 0 Å². The van der Waals surface area contributed by atoms with Crippen LogP contribution < -0.4 is 5.32 Å². The lowest BCUT2D eigenvalue weighted by Crippen LogP contribution is -2.33. The molecule has 1 rings (SSSR count). The van der Waals surface area contributed by atoms with Crippen LogP contribution in [0.5, 0.6) is 0 Å². The van der Waals surface area contributed by atoms with E-state index in [1.807, 2.05) is 0 Å². The van der Waals surface area contributed by atoms with Crippen LogP contribution in [0.1, 0.15) is 39.5 Å². The molecule has 1 aliphatic carbocycles. The van der Waals surface area contributed by atoms with Gasteiger partial charge in [0, 0.05) is 12.5 Å². The summed E-state index contributed by atoms with van der Waals surface area (Å²) in [5, 5.41) is 11.5. The van der Waals surface area contributed by atoms with Gasteiger partial charge in [-0.05, 0) is 25.2 Å². The summed E-state index contributed by atoms with van der Waals surface area (Å²) < 4.78 is 0. The molecule has 0 aromatic carbocycles. The molecule has 0 saturated heterocycles. The van der Waals surface area contributed by atoms with Crippen LogP contribution in [0.25, 0.3) is 0 Å². The van der Waals surface area contributed by atoms with Crippen molar-refractivity contribution < 1.29 is 14.7 Å². The highest BCUT2D eigenvalue weighted by Gasteiger charge is 2.29. The normalized spacial score (nSPS) is 26.4. The molecule has 0 heterocycles. The van der Waals surface area contributed by atoms with Crippen LogP contribution in [-0.2, 0) is 9.59 Å². The van der Waals surface area contributed by atoms with E-state index in [0.29, 0.717) is 18.9 Å². The lowest BCUT2D eigenvalue weighted by Gasteiger charge is -2.15. The van der Waals surface area contributed by atoms with Crippen molar-refractivity contribution in [1.29, 1.82) is 0 Å². The van der Waals surface area contributed by atoms with E-state index >= 15 is 0 Å². The van der Waals surface area contributed by atoms with Crippen LogP contribution in [0.3, 0.4) is 0 Å². The summed E-state index contributed by atoms with van der Waals surface area (Å²) in [4.78, 5) is 22.3. The molecule has 0 aromatic heterocycles. The van der Waals surface area contributed by atoms with E-state index in [1.165, 1.54) is 0 Å². The van der Waals surface area contributed by atoms with Crippen molar-refractivity contribution in [2.24, 2.45) is 17.8 Å². The van der Waals surface area contributed by atoms with E-state index < -0.39 is 5.97 Å². The average Bonchev–Trinajstić information content (AvgIpc) is 2.64. The number of amides is 1. The van der Waals surface area contributed by atoms with E-state index in [2.05, 4.69) is 12.2 Å². The zero-order chi connectivity index (χ0) is 12.1. The van der Waals surface area contributed by atoms with Gasteiger partial charge >= 0.3 is 5.97 Å². The average molecular weight is 227 g/mol. The number of carboxylic acids is 1. The van der Waals surface area contributed by atoms with Gasteiger partial charge < -0.3 is 10.4 Å². The number of rotatable bonds is 5. The molecule has 0 aliphatic heterocycles. The Morgan fingerprint density at radius 2 is 2.12 bits per heavy atom. The van der Waals surface area contributed by atoms with Crippen LogP contribution in [-0.4, -0.2) is 23.5 Å². The van der Waals surface area contributed by atoms with Gasteiger partial charge in [0.2, 0.25) is 5.91 Å². The SMILES string of the molecule is CC(CCNC(=O)C1CCCC1C)C(=O)O. The highest BCUT2D eigenvalue weighted by atomic mass is 16.4. The van der Waals surface area contributed by atoms with Crippen molar-refractivity contribution in [2.75, 3.05) is 6.54 Å². The maximum Gasteiger partial charge on any atom is 0.306 e. The third-order valence-electron chi connectivity index (χ3n) is 3.50. The second kappa shape index (κ2) is 5.87. The third kappa shape index (κ3) is 3.51. The van der Waals surface area contributed by atoms with Crippen molar-refractivity contribution in [3.8, 4) is 0 Å². The highest BCUT2D eigenvalue weighted by molar-refractivity contribution is 5.79. The van der Waals surface area contributed by atoms with Crippen molar-refractivity contribution in [3.63, 3.8) is 0 Å². The van der Waals surface area contributed by atoms with Gasteiger partial charge in [0.15, 0.2) is 0 Å². The van der Waals surface area contributed by atoms with Gasteiger partial charge in [-0.2, -0.15) is 0 Å². The van der Waals surface area contributed by atoms with Crippen molar-refractivity contribution >= 4 is 11.9 Å². The fourth-order valence-corrected chi connectivity index (χ4v) is 2.20. The summed E-state index contributed by atoms with van der Waals surface area (Å²) in [6, 6.07) is 0. The smallest absolute Gasteiger partial charge is 0.306 e. The first-order chi connectivity index (χ1) is 7.52. The molecule has 16 heavy (non-hydrogen) atoms. The van der Waals surface area contributed by atoms with Gasteiger partial charge in [-0.1, -0.05) is 20.3 Å². The van der Waals surface area contributed by atoms with E-state index in [4.69, 9.17) is 5.11 Å². The van der Waals surface area contributed by atoms with Crippen molar-refractivity contribution in [3.05, 3.63) is 0 Å². The number of aliphatic carboxylic acids is 1. The van der Waals surface area contributed by atoms with E-state index in [0.717, 1.165) is 19.3 Å². The molecule has 92 valence electrons. The third-order valence-corrected chi connectivity index (χ3v) is 3.50. The Morgan fingerprint density at radius 3 is 2.62 bits per heavy atom. The maximum absolute atomic E-state index is 11.7. The van der Waals surface area contributed by atoms with Crippen molar-refractivity contribution in [1.82, 2.24) is 5.32 Å². The zero-order valence-electron chi connectivity index (χ0n) is 10.0. The predicted molar refractivity (Wildman–Crippen MR) is 60.9 cm³/mol.